The number of piperazine rings is 1. The van der Waals surface area contributed by atoms with Gasteiger partial charge in [0.15, 0.2) is 0 Å². The second-order valence-corrected chi connectivity index (χ2v) is 7.98. The number of carbonyl (C=O) groups is 2. The molecule has 1 aromatic carbocycles. The first kappa shape index (κ1) is 19.4. The molecule has 2 aliphatic rings. The first-order valence-corrected chi connectivity index (χ1v) is 10.1. The summed E-state index contributed by atoms with van der Waals surface area (Å²) in [5.41, 5.74) is 7.74. The van der Waals surface area contributed by atoms with Crippen molar-refractivity contribution in [1.29, 1.82) is 0 Å². The Hall–Kier alpha value is -2.93. The number of rotatable bonds is 6. The number of benzene rings is 1. The number of aromatic nitrogens is 1. The van der Waals surface area contributed by atoms with Gasteiger partial charge in [-0.25, -0.2) is 4.98 Å². The van der Waals surface area contributed by atoms with Crippen molar-refractivity contribution < 1.29 is 9.59 Å². The van der Waals surface area contributed by atoms with E-state index < -0.39 is 5.91 Å². The van der Waals surface area contributed by atoms with Gasteiger partial charge in [0.25, 0.3) is 5.91 Å². The van der Waals surface area contributed by atoms with Crippen LogP contribution in [0, 0.1) is 12.8 Å². The van der Waals surface area contributed by atoms with Gasteiger partial charge in [-0.05, 0) is 61.6 Å². The average Bonchev–Trinajstić information content (AvgIpc) is 3.54. The van der Waals surface area contributed by atoms with Crippen molar-refractivity contribution in [3.8, 4) is 0 Å². The van der Waals surface area contributed by atoms with Gasteiger partial charge in [-0.3, -0.25) is 14.5 Å². The molecule has 1 aliphatic carbocycles. The molecule has 0 radical (unpaired) electrons. The number of amides is 2. The predicted molar refractivity (Wildman–Crippen MR) is 113 cm³/mol. The fourth-order valence-electron chi connectivity index (χ4n) is 3.71. The molecule has 4 rings (SSSR count). The Morgan fingerprint density at radius 2 is 1.86 bits per heavy atom. The number of hydrogen-bond donors (Lipinski definition) is 2. The maximum absolute atomic E-state index is 12.7. The molecule has 1 aliphatic heterocycles. The van der Waals surface area contributed by atoms with E-state index in [1.807, 2.05) is 13.0 Å². The van der Waals surface area contributed by atoms with E-state index in [-0.39, 0.29) is 5.91 Å². The van der Waals surface area contributed by atoms with Crippen LogP contribution in [-0.4, -0.2) is 54.4 Å². The van der Waals surface area contributed by atoms with Crippen LogP contribution in [0.4, 0.5) is 11.5 Å². The molecular formula is C22H27N5O2. The quantitative estimate of drug-likeness (QED) is 0.786. The highest BCUT2D eigenvalue weighted by Gasteiger charge is 2.26. The summed E-state index contributed by atoms with van der Waals surface area (Å²) in [5, 5.41) is 2.91. The Morgan fingerprint density at radius 1 is 1.10 bits per heavy atom. The highest BCUT2D eigenvalue weighted by Crippen LogP contribution is 2.30. The smallest absolute Gasteiger partial charge is 0.255 e. The molecule has 1 saturated carbocycles. The molecule has 7 nitrogen and oxygen atoms in total. The number of hydrogen-bond acceptors (Lipinski definition) is 5. The van der Waals surface area contributed by atoms with E-state index in [0.29, 0.717) is 16.8 Å². The van der Waals surface area contributed by atoms with Crippen molar-refractivity contribution in [2.45, 2.75) is 19.8 Å². The van der Waals surface area contributed by atoms with Gasteiger partial charge in [-0.2, -0.15) is 0 Å². The third-order valence-corrected chi connectivity index (χ3v) is 5.68. The van der Waals surface area contributed by atoms with Gasteiger partial charge < -0.3 is 16.0 Å². The van der Waals surface area contributed by atoms with Crippen LogP contribution >= 0.6 is 0 Å². The van der Waals surface area contributed by atoms with Gasteiger partial charge in [0, 0.05) is 55.7 Å². The van der Waals surface area contributed by atoms with Crippen LogP contribution in [0.3, 0.4) is 0 Å². The highest BCUT2D eigenvalue weighted by atomic mass is 16.2. The van der Waals surface area contributed by atoms with Gasteiger partial charge >= 0.3 is 0 Å². The van der Waals surface area contributed by atoms with Crippen molar-refractivity contribution in [3.63, 3.8) is 0 Å². The monoisotopic (exact) mass is 393 g/mol. The molecule has 2 aromatic rings. The van der Waals surface area contributed by atoms with Gasteiger partial charge in [0.05, 0.1) is 0 Å². The highest BCUT2D eigenvalue weighted by molar-refractivity contribution is 6.05. The Kier molecular flexibility index (Phi) is 5.49. The number of nitrogens with one attached hydrogen (secondary N) is 1. The van der Waals surface area contributed by atoms with E-state index in [0.717, 1.165) is 43.5 Å². The zero-order valence-electron chi connectivity index (χ0n) is 16.7. The van der Waals surface area contributed by atoms with Crippen LogP contribution in [0.2, 0.25) is 0 Å². The van der Waals surface area contributed by atoms with E-state index in [2.05, 4.69) is 20.1 Å². The lowest BCUT2D eigenvalue weighted by Crippen LogP contribution is -2.47. The molecule has 2 heterocycles. The lowest BCUT2D eigenvalue weighted by atomic mass is 10.1. The van der Waals surface area contributed by atoms with Gasteiger partial charge in [-0.15, -0.1) is 0 Å². The topological polar surface area (TPSA) is 91.6 Å². The first-order valence-electron chi connectivity index (χ1n) is 10.1. The van der Waals surface area contributed by atoms with E-state index in [1.165, 1.54) is 19.4 Å². The Morgan fingerprint density at radius 3 is 2.52 bits per heavy atom. The minimum atomic E-state index is -0.484. The third-order valence-electron chi connectivity index (χ3n) is 5.68. The fraction of sp³-hybridized carbons (Fsp3) is 0.409. The van der Waals surface area contributed by atoms with Crippen LogP contribution in [0.15, 0.2) is 36.5 Å². The maximum Gasteiger partial charge on any atom is 0.255 e. The average molecular weight is 393 g/mol. The summed E-state index contributed by atoms with van der Waals surface area (Å²) in [6.07, 6.45) is 4.44. The third kappa shape index (κ3) is 4.74. The number of anilines is 2. The molecule has 2 fully saturated rings. The fourth-order valence-corrected chi connectivity index (χ4v) is 3.71. The lowest BCUT2D eigenvalue weighted by Gasteiger charge is -2.35. The van der Waals surface area contributed by atoms with Crippen LogP contribution in [0.25, 0.3) is 0 Å². The van der Waals surface area contributed by atoms with Crippen LogP contribution in [0.1, 0.15) is 39.1 Å². The molecule has 29 heavy (non-hydrogen) atoms. The number of aryl methyl sites for hydroxylation is 1. The van der Waals surface area contributed by atoms with Crippen LogP contribution in [-0.2, 0) is 0 Å². The van der Waals surface area contributed by atoms with Crippen molar-refractivity contribution in [3.05, 3.63) is 53.2 Å². The second kappa shape index (κ2) is 8.21. The number of pyridine rings is 1. The summed E-state index contributed by atoms with van der Waals surface area (Å²) in [5.74, 6) is 1.06. The zero-order valence-corrected chi connectivity index (χ0v) is 16.7. The Balaban J connectivity index is 1.40. The van der Waals surface area contributed by atoms with E-state index in [9.17, 15) is 9.59 Å². The molecule has 1 saturated heterocycles. The molecule has 0 unspecified atom stereocenters. The van der Waals surface area contributed by atoms with Gasteiger partial charge in [0.2, 0.25) is 5.91 Å². The molecule has 0 bridgehead atoms. The van der Waals surface area contributed by atoms with E-state index in [1.54, 1.807) is 30.5 Å². The van der Waals surface area contributed by atoms with Crippen molar-refractivity contribution >= 4 is 23.3 Å². The number of nitrogens with zero attached hydrogens (tertiary/aromatic N) is 3. The van der Waals surface area contributed by atoms with Crippen LogP contribution in [0.5, 0.6) is 0 Å². The minimum Gasteiger partial charge on any atom is -0.366 e. The van der Waals surface area contributed by atoms with E-state index in [4.69, 9.17) is 5.73 Å². The van der Waals surface area contributed by atoms with Crippen molar-refractivity contribution in [2.24, 2.45) is 11.7 Å². The van der Waals surface area contributed by atoms with Crippen molar-refractivity contribution in [1.82, 2.24) is 9.88 Å². The molecule has 3 N–H and O–H groups in total. The van der Waals surface area contributed by atoms with E-state index >= 15 is 0 Å². The molecule has 2 amide bonds. The zero-order chi connectivity index (χ0) is 20.4. The summed E-state index contributed by atoms with van der Waals surface area (Å²) in [6.45, 7) is 7.00. The molecular weight excluding hydrogens is 366 g/mol. The molecule has 152 valence electrons. The van der Waals surface area contributed by atoms with Crippen LogP contribution < -0.4 is 16.0 Å². The number of nitrogens with two attached hydrogens (primary N) is 1. The minimum absolute atomic E-state index is 0.198. The number of primary amides is 1. The standard InChI is InChI=1S/C22H27N5O2/c1-15-12-17(21(23)28)4-5-19(15)25-22(29)18-6-7-24-20(13-18)27-10-8-26(9-11-27)14-16-2-3-16/h4-7,12-13,16H,2-3,8-11,14H2,1H3,(H2,23,28)(H,25,29). The lowest BCUT2D eigenvalue weighted by molar-refractivity contribution is 0.0998. The first-order chi connectivity index (χ1) is 14.0. The van der Waals surface area contributed by atoms with Crippen molar-refractivity contribution in [2.75, 3.05) is 42.9 Å². The summed E-state index contributed by atoms with van der Waals surface area (Å²) in [4.78, 5) is 33.3. The molecule has 1 aromatic heterocycles. The maximum atomic E-state index is 12.7. The number of carbonyl (C=O) groups excluding carboxylic acids is 2. The SMILES string of the molecule is Cc1cc(C(N)=O)ccc1NC(=O)c1ccnc(N2CCN(CC3CC3)CC2)c1. The second-order valence-electron chi connectivity index (χ2n) is 7.98. The molecule has 7 heteroatoms. The molecule has 0 spiro atoms. The Bertz CT molecular complexity index is 917. The molecule has 0 atom stereocenters. The summed E-state index contributed by atoms with van der Waals surface area (Å²) in [6, 6.07) is 8.56. The summed E-state index contributed by atoms with van der Waals surface area (Å²) in [7, 11) is 0. The summed E-state index contributed by atoms with van der Waals surface area (Å²) >= 11 is 0. The summed E-state index contributed by atoms with van der Waals surface area (Å²) < 4.78 is 0. The predicted octanol–water partition coefficient (Wildman–Crippen LogP) is 2.27. The van der Waals surface area contributed by atoms with Gasteiger partial charge in [0.1, 0.15) is 5.82 Å². The normalized spacial score (nSPS) is 17.2. The van der Waals surface area contributed by atoms with Gasteiger partial charge in [-0.1, -0.05) is 0 Å². The largest absolute Gasteiger partial charge is 0.366 e. The Labute approximate surface area is 170 Å².